The van der Waals surface area contributed by atoms with Gasteiger partial charge in [-0.2, -0.15) is 5.10 Å². The molecule has 1 fully saturated rings. The quantitative estimate of drug-likeness (QED) is 0.475. The predicted octanol–water partition coefficient (Wildman–Crippen LogP) is 3.18. The lowest BCUT2D eigenvalue weighted by Gasteiger charge is -2.20. The van der Waals surface area contributed by atoms with Crippen molar-refractivity contribution in [3.05, 3.63) is 42.1 Å². The number of hydrogen-bond donors (Lipinski definition) is 0. The third kappa shape index (κ3) is 3.48. The molecule has 10 heteroatoms. The first kappa shape index (κ1) is 20.7. The molecular formula is C22H23FN6O2S. The average molecular weight is 455 g/mol. The fourth-order valence-corrected chi connectivity index (χ4v) is 5.02. The summed E-state index contributed by atoms with van der Waals surface area (Å²) < 4.78 is 29.9. The Labute approximate surface area is 186 Å². The summed E-state index contributed by atoms with van der Waals surface area (Å²) in [5.74, 6) is -0.556. The van der Waals surface area contributed by atoms with Gasteiger partial charge in [0.25, 0.3) is 5.91 Å². The van der Waals surface area contributed by atoms with Crippen LogP contribution in [-0.4, -0.2) is 58.5 Å². The van der Waals surface area contributed by atoms with E-state index in [-0.39, 0.29) is 16.6 Å². The van der Waals surface area contributed by atoms with Gasteiger partial charge < -0.3 is 4.90 Å². The molecule has 0 saturated carbocycles. The second-order valence-electron chi connectivity index (χ2n) is 8.06. The van der Waals surface area contributed by atoms with Crippen molar-refractivity contribution in [2.45, 2.75) is 30.7 Å². The van der Waals surface area contributed by atoms with E-state index in [1.807, 2.05) is 4.90 Å². The lowest BCUT2D eigenvalue weighted by Crippen LogP contribution is -2.32. The van der Waals surface area contributed by atoms with Gasteiger partial charge in [0.2, 0.25) is 0 Å². The van der Waals surface area contributed by atoms with Gasteiger partial charge in [0, 0.05) is 32.6 Å². The fourth-order valence-electron chi connectivity index (χ4n) is 4.30. The number of hydrogen-bond acceptors (Lipinski definition) is 5. The summed E-state index contributed by atoms with van der Waals surface area (Å²) in [6.45, 7) is 1.40. The van der Waals surface area contributed by atoms with Gasteiger partial charge in [0.1, 0.15) is 27.9 Å². The smallest absolute Gasteiger partial charge is 0.272 e. The van der Waals surface area contributed by atoms with E-state index in [4.69, 9.17) is 0 Å². The highest BCUT2D eigenvalue weighted by Crippen LogP contribution is 2.32. The van der Waals surface area contributed by atoms with Crippen molar-refractivity contribution in [2.24, 2.45) is 7.05 Å². The van der Waals surface area contributed by atoms with Gasteiger partial charge in [-0.1, -0.05) is 12.8 Å². The molecule has 1 aliphatic rings. The molecule has 0 aliphatic carbocycles. The molecule has 166 valence electrons. The molecule has 1 saturated heterocycles. The summed E-state index contributed by atoms with van der Waals surface area (Å²) in [7, 11) is 0.288. The number of halogens is 1. The number of amides is 1. The van der Waals surface area contributed by atoms with Crippen LogP contribution in [0.15, 0.2) is 35.6 Å². The Bertz CT molecular complexity index is 1370. The van der Waals surface area contributed by atoms with Crippen LogP contribution in [0, 0.1) is 5.82 Å². The Balaban J connectivity index is 1.69. The highest BCUT2D eigenvalue weighted by molar-refractivity contribution is 7.84. The van der Waals surface area contributed by atoms with E-state index >= 15 is 0 Å². The monoisotopic (exact) mass is 454 g/mol. The van der Waals surface area contributed by atoms with Crippen molar-refractivity contribution in [1.29, 1.82) is 0 Å². The predicted molar refractivity (Wildman–Crippen MR) is 119 cm³/mol. The first-order valence-electron chi connectivity index (χ1n) is 10.6. The Morgan fingerprint density at radius 3 is 2.62 bits per heavy atom. The summed E-state index contributed by atoms with van der Waals surface area (Å²) in [4.78, 5) is 23.9. The Kier molecular flexibility index (Phi) is 5.24. The summed E-state index contributed by atoms with van der Waals surface area (Å²) in [6, 6.07) is 4.63. The standard InChI is InChI=1S/C22H23FN6O2S/c1-27-16-11-15(22(30)28-9-5-3-4-6-10-28)25-21(32(2)31)19(16)20(26-27)17-12-24-18-8-7-14(23)13-29(17)18/h7-8,11-13H,3-6,9-10H2,1-2H3. The number of imidazole rings is 1. The minimum atomic E-state index is -1.47. The first-order chi connectivity index (χ1) is 15.4. The van der Waals surface area contributed by atoms with E-state index in [0.717, 1.165) is 25.7 Å². The maximum Gasteiger partial charge on any atom is 0.272 e. The van der Waals surface area contributed by atoms with Gasteiger partial charge in [-0.05, 0) is 31.0 Å². The van der Waals surface area contributed by atoms with E-state index in [1.165, 1.54) is 18.5 Å². The van der Waals surface area contributed by atoms with Crippen LogP contribution in [0.3, 0.4) is 0 Å². The number of rotatable bonds is 3. The molecule has 0 aromatic carbocycles. The summed E-state index contributed by atoms with van der Waals surface area (Å²) in [6.07, 6.45) is 8.66. The number of aryl methyl sites for hydroxylation is 1. The van der Waals surface area contributed by atoms with E-state index in [1.54, 1.807) is 34.5 Å². The molecule has 5 rings (SSSR count). The highest BCUT2D eigenvalue weighted by atomic mass is 32.2. The second kappa shape index (κ2) is 8.09. The second-order valence-corrected chi connectivity index (χ2v) is 9.35. The lowest BCUT2D eigenvalue weighted by atomic mass is 10.2. The molecule has 8 nitrogen and oxygen atoms in total. The molecule has 1 amide bonds. The van der Waals surface area contributed by atoms with E-state index in [0.29, 0.717) is 41.0 Å². The zero-order valence-corrected chi connectivity index (χ0v) is 18.7. The Morgan fingerprint density at radius 1 is 1.16 bits per heavy atom. The topological polar surface area (TPSA) is 85.4 Å². The Morgan fingerprint density at radius 2 is 1.91 bits per heavy atom. The lowest BCUT2D eigenvalue weighted by molar-refractivity contribution is 0.0755. The van der Waals surface area contributed by atoms with Crippen LogP contribution in [0.25, 0.3) is 27.9 Å². The first-order valence-corrected chi connectivity index (χ1v) is 12.1. The van der Waals surface area contributed by atoms with Crippen molar-refractivity contribution < 1.29 is 13.4 Å². The van der Waals surface area contributed by atoms with Crippen molar-refractivity contribution in [1.82, 2.24) is 29.0 Å². The van der Waals surface area contributed by atoms with Crippen LogP contribution in [0.1, 0.15) is 36.2 Å². The van der Waals surface area contributed by atoms with Crippen molar-refractivity contribution in [3.63, 3.8) is 0 Å². The van der Waals surface area contributed by atoms with Gasteiger partial charge in [-0.15, -0.1) is 0 Å². The number of likely N-dealkylation sites (tertiary alicyclic amines) is 1. The van der Waals surface area contributed by atoms with Gasteiger partial charge in [-0.3, -0.25) is 18.1 Å². The number of pyridine rings is 2. The maximum absolute atomic E-state index is 13.9. The van der Waals surface area contributed by atoms with Crippen LogP contribution in [0.5, 0.6) is 0 Å². The normalized spacial score (nSPS) is 15.9. The summed E-state index contributed by atoms with van der Waals surface area (Å²) >= 11 is 0. The largest absolute Gasteiger partial charge is 0.337 e. The minimum Gasteiger partial charge on any atom is -0.337 e. The van der Waals surface area contributed by atoms with Gasteiger partial charge in [0.05, 0.1) is 33.6 Å². The fraction of sp³-hybridized carbons (Fsp3) is 0.364. The highest BCUT2D eigenvalue weighted by Gasteiger charge is 2.25. The van der Waals surface area contributed by atoms with E-state index < -0.39 is 16.6 Å². The van der Waals surface area contributed by atoms with Crippen LogP contribution in [0.2, 0.25) is 0 Å². The number of fused-ring (bicyclic) bond motifs is 2. The molecule has 1 atom stereocenters. The van der Waals surface area contributed by atoms with Crippen molar-refractivity contribution in [3.8, 4) is 11.4 Å². The number of carbonyl (C=O) groups excluding carboxylic acids is 1. The van der Waals surface area contributed by atoms with Gasteiger partial charge in [-0.25, -0.2) is 14.4 Å². The summed E-state index contributed by atoms with van der Waals surface area (Å²) in [5.41, 5.74) is 2.53. The van der Waals surface area contributed by atoms with E-state index in [9.17, 15) is 13.4 Å². The molecule has 0 radical (unpaired) electrons. The van der Waals surface area contributed by atoms with Crippen molar-refractivity contribution in [2.75, 3.05) is 19.3 Å². The Hall–Kier alpha value is -3.14. The third-order valence-corrected chi connectivity index (χ3v) is 6.74. The molecule has 32 heavy (non-hydrogen) atoms. The molecule has 5 heterocycles. The van der Waals surface area contributed by atoms with Gasteiger partial charge in [0.15, 0.2) is 0 Å². The number of carbonyl (C=O) groups is 1. The average Bonchev–Trinajstić information content (AvgIpc) is 3.20. The zero-order chi connectivity index (χ0) is 22.4. The summed E-state index contributed by atoms with van der Waals surface area (Å²) in [5, 5.41) is 5.48. The van der Waals surface area contributed by atoms with Crippen LogP contribution < -0.4 is 0 Å². The minimum absolute atomic E-state index is 0.153. The zero-order valence-electron chi connectivity index (χ0n) is 17.9. The van der Waals surface area contributed by atoms with Crippen molar-refractivity contribution >= 4 is 33.3 Å². The van der Waals surface area contributed by atoms with Gasteiger partial charge >= 0.3 is 0 Å². The van der Waals surface area contributed by atoms with Crippen LogP contribution in [0.4, 0.5) is 4.39 Å². The molecule has 0 spiro atoms. The van der Waals surface area contributed by atoms with Crippen LogP contribution in [-0.2, 0) is 17.8 Å². The molecule has 1 unspecified atom stereocenters. The van der Waals surface area contributed by atoms with E-state index in [2.05, 4.69) is 15.1 Å². The number of aromatic nitrogens is 5. The molecule has 0 bridgehead atoms. The third-order valence-electron chi connectivity index (χ3n) is 5.90. The maximum atomic E-state index is 13.9. The molecule has 1 aliphatic heterocycles. The molecular weight excluding hydrogens is 431 g/mol. The molecule has 0 N–H and O–H groups in total. The molecule has 4 aromatic heterocycles. The van der Waals surface area contributed by atoms with Crippen LogP contribution >= 0.6 is 0 Å². The molecule has 4 aromatic rings. The number of nitrogens with zero attached hydrogens (tertiary/aromatic N) is 6. The SMILES string of the molecule is Cn1nc(-c2cnc3ccc(F)cn23)c2c(S(C)=O)nc(C(=O)N3CCCCCC3)cc21.